The van der Waals surface area contributed by atoms with Crippen molar-refractivity contribution in [2.24, 2.45) is 0 Å². The van der Waals surface area contributed by atoms with Gasteiger partial charge in [-0.25, -0.2) is 4.79 Å². The summed E-state index contributed by atoms with van der Waals surface area (Å²) in [6, 6.07) is 4.14. The molecule has 1 heterocycles. The third kappa shape index (κ3) is 8.71. The van der Waals surface area contributed by atoms with Crippen molar-refractivity contribution in [2.75, 3.05) is 7.11 Å². The Balaban J connectivity index is 2.52. The number of carbonyl (C=O) groups is 4. The van der Waals surface area contributed by atoms with Gasteiger partial charge < -0.3 is 32.8 Å². The lowest BCUT2D eigenvalue weighted by Gasteiger charge is -2.43. The van der Waals surface area contributed by atoms with Gasteiger partial charge in [0.05, 0.1) is 18.6 Å². The molecule has 0 radical (unpaired) electrons. The maximum Gasteiger partial charge on any atom is 0.339 e. The standard InChI is InChI=1S/C26H37NO13Si/c1-14(28)36-20-21(37-15(2)29)23(38-16(3)30)25(40-22(20)24(31)34-7)39-19-11-10-17(12-18(19)27(32)33)13-35-41(8,9)26(4,5)6/h10-12,20-23,25H,13H2,1-9H3/t20-,21-,22?,23?,25+/m0/s1. The summed E-state index contributed by atoms with van der Waals surface area (Å²) in [4.78, 5) is 59.7. The van der Waals surface area contributed by atoms with Crippen molar-refractivity contribution in [1.82, 2.24) is 0 Å². The normalized spacial score (nSPS) is 22.7. The van der Waals surface area contributed by atoms with Gasteiger partial charge in [0.1, 0.15) is 0 Å². The number of rotatable bonds is 10. The summed E-state index contributed by atoms with van der Waals surface area (Å²) >= 11 is 0. The third-order valence-electron chi connectivity index (χ3n) is 6.70. The van der Waals surface area contributed by atoms with E-state index in [0.29, 0.717) is 5.56 Å². The Morgan fingerprint density at radius 3 is 1.98 bits per heavy atom. The molecule has 1 aliphatic heterocycles. The zero-order chi connectivity index (χ0) is 31.3. The van der Waals surface area contributed by atoms with Crippen LogP contribution < -0.4 is 4.74 Å². The summed E-state index contributed by atoms with van der Waals surface area (Å²) in [7, 11) is -1.12. The van der Waals surface area contributed by atoms with E-state index >= 15 is 0 Å². The molecule has 0 aliphatic carbocycles. The van der Waals surface area contributed by atoms with Crippen LogP contribution in [0.4, 0.5) is 5.69 Å². The van der Waals surface area contributed by atoms with E-state index in [9.17, 15) is 29.3 Å². The van der Waals surface area contributed by atoms with Crippen LogP contribution in [0.15, 0.2) is 18.2 Å². The highest BCUT2D eigenvalue weighted by molar-refractivity contribution is 6.74. The molecule has 5 atom stereocenters. The van der Waals surface area contributed by atoms with Gasteiger partial charge in [0.2, 0.25) is 12.4 Å². The molecule has 0 saturated carbocycles. The minimum Gasteiger partial charge on any atom is -0.467 e. The minimum atomic E-state index is -2.16. The smallest absolute Gasteiger partial charge is 0.339 e. The Bertz CT molecular complexity index is 1160. The van der Waals surface area contributed by atoms with E-state index in [1.807, 2.05) is 0 Å². The molecule has 1 aromatic carbocycles. The Morgan fingerprint density at radius 1 is 0.951 bits per heavy atom. The van der Waals surface area contributed by atoms with Crippen LogP contribution in [0.25, 0.3) is 0 Å². The van der Waals surface area contributed by atoms with Crippen LogP contribution in [0.3, 0.4) is 0 Å². The number of nitro groups is 1. The van der Waals surface area contributed by atoms with Crippen molar-refractivity contribution in [1.29, 1.82) is 0 Å². The lowest BCUT2D eigenvalue weighted by atomic mass is 9.97. The van der Waals surface area contributed by atoms with Crippen LogP contribution in [-0.4, -0.2) is 74.9 Å². The average Bonchev–Trinajstić information content (AvgIpc) is 2.84. The van der Waals surface area contributed by atoms with Crippen molar-refractivity contribution in [3.63, 3.8) is 0 Å². The molecule has 0 bridgehead atoms. The monoisotopic (exact) mass is 599 g/mol. The highest BCUT2D eigenvalue weighted by Crippen LogP contribution is 2.38. The van der Waals surface area contributed by atoms with Crippen molar-refractivity contribution in [3.8, 4) is 5.75 Å². The van der Waals surface area contributed by atoms with Gasteiger partial charge in [0, 0.05) is 26.8 Å². The fourth-order valence-corrected chi connectivity index (χ4v) is 4.64. The highest BCUT2D eigenvalue weighted by Gasteiger charge is 2.56. The Labute approximate surface area is 238 Å². The number of ether oxygens (including phenoxy) is 6. The predicted octanol–water partition coefficient (Wildman–Crippen LogP) is 3.19. The second-order valence-corrected chi connectivity index (χ2v) is 15.7. The number of carbonyl (C=O) groups excluding carboxylic acids is 4. The van der Waals surface area contributed by atoms with E-state index in [4.69, 9.17) is 32.8 Å². The van der Waals surface area contributed by atoms with Crippen molar-refractivity contribution < 1.29 is 56.9 Å². The number of hydrogen-bond acceptors (Lipinski definition) is 13. The minimum absolute atomic E-state index is 0.0787. The van der Waals surface area contributed by atoms with E-state index in [1.165, 1.54) is 12.1 Å². The zero-order valence-corrected chi connectivity index (χ0v) is 25.6. The number of nitro benzene ring substituents is 1. The Hall–Kier alpha value is -3.56. The molecule has 0 N–H and O–H groups in total. The van der Waals surface area contributed by atoms with Crippen LogP contribution in [-0.2, 0) is 53.9 Å². The molecule has 2 rings (SSSR count). The van der Waals surface area contributed by atoms with Gasteiger partial charge >= 0.3 is 29.6 Å². The van der Waals surface area contributed by atoms with Gasteiger partial charge in [-0.2, -0.15) is 0 Å². The maximum absolute atomic E-state index is 12.6. The van der Waals surface area contributed by atoms with Crippen LogP contribution in [0.2, 0.25) is 18.1 Å². The first-order valence-electron chi connectivity index (χ1n) is 12.7. The van der Waals surface area contributed by atoms with Crippen molar-refractivity contribution in [2.45, 2.75) is 97.0 Å². The van der Waals surface area contributed by atoms with Crippen LogP contribution >= 0.6 is 0 Å². The molecule has 1 aromatic rings. The van der Waals surface area contributed by atoms with Gasteiger partial charge in [-0.1, -0.05) is 26.8 Å². The molecule has 15 heteroatoms. The highest BCUT2D eigenvalue weighted by atomic mass is 28.4. The molecular formula is C26H37NO13Si. The first-order chi connectivity index (χ1) is 18.9. The Kier molecular flexibility index (Phi) is 11.0. The van der Waals surface area contributed by atoms with Crippen LogP contribution in [0, 0.1) is 10.1 Å². The number of methoxy groups -OCH3 is 1. The maximum atomic E-state index is 12.6. The molecule has 1 fully saturated rings. The molecule has 2 unspecified atom stereocenters. The Morgan fingerprint density at radius 2 is 1.49 bits per heavy atom. The van der Waals surface area contributed by atoms with Gasteiger partial charge in [-0.15, -0.1) is 0 Å². The zero-order valence-electron chi connectivity index (χ0n) is 24.6. The molecule has 1 saturated heterocycles. The van der Waals surface area contributed by atoms with Crippen molar-refractivity contribution >= 4 is 37.9 Å². The fourth-order valence-electron chi connectivity index (χ4n) is 3.68. The quantitative estimate of drug-likeness (QED) is 0.126. The number of esters is 4. The second kappa shape index (κ2) is 13.4. The SMILES string of the molecule is COC(=O)C1O[C@@H](Oc2ccc(CO[Si](C)(C)C(C)(C)C)cc2[N+](=O)[O-])C(OC(C)=O)[C@@H](OC(C)=O)[C@@H]1OC(C)=O. The molecule has 0 amide bonds. The number of benzene rings is 1. The van der Waals surface area contributed by atoms with Crippen LogP contribution in [0.1, 0.15) is 47.1 Å². The van der Waals surface area contributed by atoms with E-state index in [0.717, 1.165) is 27.9 Å². The molecule has 41 heavy (non-hydrogen) atoms. The topological polar surface area (TPSA) is 176 Å². The van der Waals surface area contributed by atoms with E-state index < -0.39 is 73.5 Å². The molecule has 228 valence electrons. The summed E-state index contributed by atoms with van der Waals surface area (Å²) in [6.45, 7) is 13.6. The second-order valence-electron chi connectivity index (χ2n) is 10.9. The van der Waals surface area contributed by atoms with Crippen LogP contribution in [0.5, 0.6) is 5.75 Å². The van der Waals surface area contributed by atoms with Gasteiger partial charge in [0.25, 0.3) is 0 Å². The third-order valence-corrected chi connectivity index (χ3v) is 11.2. The molecule has 0 aromatic heterocycles. The summed E-state index contributed by atoms with van der Waals surface area (Å²) in [5, 5.41) is 11.9. The summed E-state index contributed by atoms with van der Waals surface area (Å²) in [5.41, 5.74) is 0.0439. The molecular weight excluding hydrogens is 562 g/mol. The van der Waals surface area contributed by atoms with Crippen molar-refractivity contribution in [3.05, 3.63) is 33.9 Å². The summed E-state index contributed by atoms with van der Waals surface area (Å²) < 4.78 is 38.2. The number of nitrogens with zero attached hydrogens (tertiary/aromatic N) is 1. The lowest BCUT2D eigenvalue weighted by molar-refractivity contribution is -0.387. The molecule has 0 spiro atoms. The first kappa shape index (κ1) is 33.6. The average molecular weight is 600 g/mol. The summed E-state index contributed by atoms with van der Waals surface area (Å²) in [5.74, 6) is -3.93. The van der Waals surface area contributed by atoms with E-state index in [1.54, 1.807) is 6.07 Å². The number of hydrogen-bond donors (Lipinski definition) is 0. The largest absolute Gasteiger partial charge is 0.467 e. The molecule has 14 nitrogen and oxygen atoms in total. The molecule has 1 aliphatic rings. The van der Waals surface area contributed by atoms with Gasteiger partial charge in [0.15, 0.2) is 32.4 Å². The lowest BCUT2D eigenvalue weighted by Crippen LogP contribution is -2.64. The van der Waals surface area contributed by atoms with E-state index in [-0.39, 0.29) is 17.4 Å². The fraction of sp³-hybridized carbons (Fsp3) is 0.615. The summed E-state index contributed by atoms with van der Waals surface area (Å²) in [6.07, 6.45) is -8.24. The first-order valence-corrected chi connectivity index (χ1v) is 15.6. The van der Waals surface area contributed by atoms with E-state index in [2.05, 4.69) is 33.9 Å². The van der Waals surface area contributed by atoms with Gasteiger partial charge in [-0.3, -0.25) is 24.5 Å². The van der Waals surface area contributed by atoms with Gasteiger partial charge in [-0.05, 0) is 29.8 Å². The predicted molar refractivity (Wildman–Crippen MR) is 143 cm³/mol.